The van der Waals surface area contributed by atoms with Gasteiger partial charge in [0.15, 0.2) is 0 Å². The Balaban J connectivity index is 2.86. The number of hydrogen-bond acceptors (Lipinski definition) is 2. The second kappa shape index (κ2) is 12.1. The minimum atomic E-state index is 0.743. The lowest BCUT2D eigenvalue weighted by molar-refractivity contribution is 0.904. The number of nitrogens with one attached hydrogen (secondary N) is 2. The zero-order chi connectivity index (χ0) is 17.6. The lowest BCUT2D eigenvalue weighted by Gasteiger charge is -2.09. The van der Waals surface area contributed by atoms with Crippen LogP contribution in [0.2, 0.25) is 0 Å². The highest BCUT2D eigenvalue weighted by atomic mass is 32.1. The van der Waals surface area contributed by atoms with Gasteiger partial charge in [0, 0.05) is 18.4 Å². The van der Waals surface area contributed by atoms with Crippen LogP contribution >= 0.6 is 12.2 Å². The summed E-state index contributed by atoms with van der Waals surface area (Å²) in [6, 6.07) is 0. The smallest absolute Gasteiger partial charge is 0.0654 e. The second-order valence-electron chi connectivity index (χ2n) is 5.40. The molecule has 0 spiro atoms. The second-order valence-corrected chi connectivity index (χ2v) is 5.63. The molecule has 126 valence electrons. The Morgan fingerprint density at radius 3 is 2.67 bits per heavy atom. The van der Waals surface area contributed by atoms with Crippen LogP contribution in [0.3, 0.4) is 0 Å². The van der Waals surface area contributed by atoms with E-state index in [9.17, 15) is 0 Å². The van der Waals surface area contributed by atoms with Crippen molar-refractivity contribution in [3.63, 3.8) is 0 Å². The standard InChI is InChI=1S/C21H26N2S/c1-4-8-21(13-14-22-17-24)23-16-20-12-7-11-18(2)9-5-6-10-19(3)15-20/h4-6,8-15,17,23H,1,7,16H2,2-3H3,(H,22,24)/b9-5-,10-6-,14-13+,18-11+,19-15+,20-12?,21-8+. The lowest BCUT2D eigenvalue weighted by Crippen LogP contribution is -2.15. The molecule has 3 heteroatoms. The average Bonchev–Trinajstić information content (AvgIpc) is 2.59. The maximum absolute atomic E-state index is 4.74. The van der Waals surface area contributed by atoms with Gasteiger partial charge in [0.05, 0.1) is 5.49 Å². The molecule has 0 aromatic heterocycles. The Labute approximate surface area is 151 Å². The quantitative estimate of drug-likeness (QED) is 0.502. The first-order chi connectivity index (χ1) is 11.7. The van der Waals surface area contributed by atoms with Gasteiger partial charge in [-0.05, 0) is 38.0 Å². The van der Waals surface area contributed by atoms with Gasteiger partial charge in [-0.2, -0.15) is 0 Å². The summed E-state index contributed by atoms with van der Waals surface area (Å²) >= 11 is 4.74. The summed E-state index contributed by atoms with van der Waals surface area (Å²) < 4.78 is 0. The van der Waals surface area contributed by atoms with Gasteiger partial charge in [-0.25, -0.2) is 0 Å². The average molecular weight is 339 g/mol. The van der Waals surface area contributed by atoms with Crippen molar-refractivity contribution in [2.45, 2.75) is 20.3 Å². The highest BCUT2D eigenvalue weighted by molar-refractivity contribution is 7.78. The highest BCUT2D eigenvalue weighted by Gasteiger charge is 1.97. The molecule has 1 rings (SSSR count). The van der Waals surface area contributed by atoms with Gasteiger partial charge in [-0.15, -0.1) is 0 Å². The van der Waals surface area contributed by atoms with Crippen molar-refractivity contribution < 1.29 is 0 Å². The minimum Gasteiger partial charge on any atom is -0.381 e. The molecule has 0 heterocycles. The Morgan fingerprint density at radius 2 is 1.96 bits per heavy atom. The van der Waals surface area contributed by atoms with Crippen LogP contribution in [0.1, 0.15) is 20.3 Å². The molecule has 0 unspecified atom stereocenters. The zero-order valence-corrected chi connectivity index (χ0v) is 15.3. The maximum Gasteiger partial charge on any atom is 0.0654 e. The molecular formula is C21H26N2S. The first kappa shape index (κ1) is 19.7. The third-order valence-corrected chi connectivity index (χ3v) is 3.42. The molecule has 24 heavy (non-hydrogen) atoms. The predicted octanol–water partition coefficient (Wildman–Crippen LogP) is 5.04. The molecule has 0 aromatic carbocycles. The normalized spacial score (nSPS) is 22.9. The number of thiocarbonyl (C=S) groups is 1. The summed E-state index contributed by atoms with van der Waals surface area (Å²) in [5.41, 5.74) is 6.17. The van der Waals surface area contributed by atoms with Gasteiger partial charge in [0.2, 0.25) is 0 Å². The monoisotopic (exact) mass is 338 g/mol. The van der Waals surface area contributed by atoms with E-state index in [1.807, 2.05) is 12.2 Å². The van der Waals surface area contributed by atoms with E-state index in [1.54, 1.807) is 12.3 Å². The molecule has 2 nitrogen and oxygen atoms in total. The van der Waals surface area contributed by atoms with Crippen molar-refractivity contribution in [1.82, 2.24) is 10.6 Å². The molecule has 0 aromatic rings. The molecule has 0 aliphatic heterocycles. The summed E-state index contributed by atoms with van der Waals surface area (Å²) in [6.45, 7) is 8.73. The van der Waals surface area contributed by atoms with E-state index in [0.29, 0.717) is 0 Å². The van der Waals surface area contributed by atoms with Crippen LogP contribution < -0.4 is 10.6 Å². The predicted molar refractivity (Wildman–Crippen MR) is 111 cm³/mol. The van der Waals surface area contributed by atoms with Crippen LogP contribution in [0, 0.1) is 0 Å². The molecule has 0 saturated carbocycles. The van der Waals surface area contributed by atoms with Crippen molar-refractivity contribution in [1.29, 1.82) is 0 Å². The van der Waals surface area contributed by atoms with Crippen LogP contribution in [0.15, 0.2) is 96.0 Å². The van der Waals surface area contributed by atoms with Crippen molar-refractivity contribution in [2.75, 3.05) is 6.54 Å². The van der Waals surface area contributed by atoms with E-state index in [-0.39, 0.29) is 0 Å². The fourth-order valence-electron chi connectivity index (χ4n) is 2.08. The fourth-order valence-corrected chi connectivity index (χ4v) is 2.16. The SMILES string of the molecule is C=C/C=C(\C=C\NC=S)NCC1=CC/C=C(C)/C=C\C=C/C(C)=C/1. The minimum absolute atomic E-state index is 0.743. The number of rotatable bonds is 7. The van der Waals surface area contributed by atoms with E-state index in [4.69, 9.17) is 12.2 Å². The Hall–Kier alpha value is -2.39. The van der Waals surface area contributed by atoms with Crippen molar-refractivity contribution in [2.24, 2.45) is 0 Å². The lowest BCUT2D eigenvalue weighted by atomic mass is 10.1. The van der Waals surface area contributed by atoms with Crippen LogP contribution in [0.4, 0.5) is 0 Å². The Bertz CT molecular complexity index is 641. The summed E-state index contributed by atoms with van der Waals surface area (Å²) in [5, 5.41) is 6.29. The van der Waals surface area contributed by atoms with Gasteiger partial charge in [0.25, 0.3) is 0 Å². The van der Waals surface area contributed by atoms with Crippen molar-refractivity contribution in [3.05, 3.63) is 96.0 Å². The summed E-state index contributed by atoms with van der Waals surface area (Å²) in [4.78, 5) is 0. The molecule has 0 amide bonds. The largest absolute Gasteiger partial charge is 0.381 e. The van der Waals surface area contributed by atoms with Crippen LogP contribution in [0.5, 0.6) is 0 Å². The first-order valence-electron chi connectivity index (χ1n) is 7.97. The topological polar surface area (TPSA) is 24.1 Å². The number of hydrogen-bond donors (Lipinski definition) is 2. The molecule has 0 saturated heterocycles. The molecular weight excluding hydrogens is 312 g/mol. The molecule has 1 aliphatic carbocycles. The highest BCUT2D eigenvalue weighted by Crippen LogP contribution is 2.09. The van der Waals surface area contributed by atoms with Gasteiger partial charge in [-0.3, -0.25) is 0 Å². The first-order valence-corrected chi connectivity index (χ1v) is 8.44. The number of allylic oxidation sites excluding steroid dienone is 11. The molecule has 0 radical (unpaired) electrons. The molecule has 2 N–H and O–H groups in total. The Morgan fingerprint density at radius 1 is 1.21 bits per heavy atom. The van der Waals surface area contributed by atoms with E-state index < -0.39 is 0 Å². The molecule has 0 fully saturated rings. The molecule has 1 aliphatic rings. The van der Waals surface area contributed by atoms with Crippen molar-refractivity contribution in [3.8, 4) is 0 Å². The van der Waals surface area contributed by atoms with E-state index in [0.717, 1.165) is 18.7 Å². The summed E-state index contributed by atoms with van der Waals surface area (Å²) in [7, 11) is 0. The maximum atomic E-state index is 4.74. The van der Waals surface area contributed by atoms with Crippen LogP contribution in [-0.4, -0.2) is 12.0 Å². The molecule has 0 bridgehead atoms. The van der Waals surface area contributed by atoms with Gasteiger partial charge >= 0.3 is 0 Å². The van der Waals surface area contributed by atoms with Crippen molar-refractivity contribution >= 4 is 17.7 Å². The summed E-state index contributed by atoms with van der Waals surface area (Å²) in [6.07, 6.45) is 23.4. The van der Waals surface area contributed by atoms with Crippen LogP contribution in [0.25, 0.3) is 0 Å². The van der Waals surface area contributed by atoms with Gasteiger partial charge < -0.3 is 10.6 Å². The van der Waals surface area contributed by atoms with E-state index >= 15 is 0 Å². The van der Waals surface area contributed by atoms with E-state index in [2.05, 4.69) is 73.6 Å². The fraction of sp³-hybridized carbons (Fsp3) is 0.190. The van der Waals surface area contributed by atoms with Gasteiger partial charge in [-0.1, -0.05) is 78.6 Å². The summed E-state index contributed by atoms with van der Waals surface area (Å²) in [5.74, 6) is 0. The van der Waals surface area contributed by atoms with E-state index in [1.165, 1.54) is 22.2 Å². The van der Waals surface area contributed by atoms with Crippen LogP contribution in [-0.2, 0) is 0 Å². The molecule has 0 atom stereocenters. The Kier molecular flexibility index (Phi) is 9.90. The third-order valence-electron chi connectivity index (χ3n) is 3.28. The third kappa shape index (κ3) is 8.91. The zero-order valence-electron chi connectivity index (χ0n) is 14.5. The van der Waals surface area contributed by atoms with Gasteiger partial charge in [0.1, 0.15) is 0 Å².